The lowest BCUT2D eigenvalue weighted by molar-refractivity contribution is -0.143. The first-order valence-corrected chi connectivity index (χ1v) is 8.43. The molecule has 126 valence electrons. The number of halogens is 1. The third kappa shape index (κ3) is 4.89. The predicted octanol–water partition coefficient (Wildman–Crippen LogP) is 3.58. The second-order valence-electron chi connectivity index (χ2n) is 5.28. The van der Waals surface area contributed by atoms with Crippen LogP contribution in [0.2, 0.25) is 0 Å². The molecule has 0 radical (unpaired) electrons. The molecule has 0 fully saturated rings. The van der Waals surface area contributed by atoms with Crippen LogP contribution in [-0.2, 0) is 9.53 Å². The molecule has 0 saturated heterocycles. The first-order chi connectivity index (χ1) is 11.5. The summed E-state index contributed by atoms with van der Waals surface area (Å²) in [5.41, 5.74) is 2.31. The van der Waals surface area contributed by atoms with Gasteiger partial charge in [0.05, 0.1) is 24.6 Å². The maximum Gasteiger partial charge on any atom is 0.308 e. The maximum atomic E-state index is 12.5. The normalized spacial score (nSPS) is 11.6. The fourth-order valence-electron chi connectivity index (χ4n) is 2.38. The van der Waals surface area contributed by atoms with Crippen molar-refractivity contribution in [2.24, 2.45) is 0 Å². The standard InChI is InChI=1S/C18H19BrN2O3/c1-3-24-17(22)9-16(15-7-5-4-6-12(15)2)21-18(23)13-8-14(19)11-20-10-13/h4-8,10-11,16H,3,9H2,1-2H3,(H,21,23)/t16-/m0/s1. The second-order valence-corrected chi connectivity index (χ2v) is 6.20. The van der Waals surface area contributed by atoms with Gasteiger partial charge in [-0.2, -0.15) is 0 Å². The van der Waals surface area contributed by atoms with E-state index in [9.17, 15) is 9.59 Å². The van der Waals surface area contributed by atoms with E-state index in [2.05, 4.69) is 26.2 Å². The summed E-state index contributed by atoms with van der Waals surface area (Å²) in [5.74, 6) is -0.639. The third-order valence-corrected chi connectivity index (χ3v) is 3.95. The monoisotopic (exact) mass is 390 g/mol. The second kappa shape index (κ2) is 8.59. The highest BCUT2D eigenvalue weighted by atomic mass is 79.9. The first-order valence-electron chi connectivity index (χ1n) is 7.63. The van der Waals surface area contributed by atoms with Crippen molar-refractivity contribution >= 4 is 27.8 Å². The van der Waals surface area contributed by atoms with Gasteiger partial charge in [-0.1, -0.05) is 24.3 Å². The van der Waals surface area contributed by atoms with E-state index in [1.54, 1.807) is 19.2 Å². The minimum absolute atomic E-state index is 0.0753. The summed E-state index contributed by atoms with van der Waals surface area (Å²) in [4.78, 5) is 28.4. The molecule has 0 saturated carbocycles. The maximum absolute atomic E-state index is 12.5. The number of hydrogen-bond acceptors (Lipinski definition) is 4. The number of aryl methyl sites for hydroxylation is 1. The van der Waals surface area contributed by atoms with Gasteiger partial charge in [-0.15, -0.1) is 0 Å². The Morgan fingerprint density at radius 2 is 2.04 bits per heavy atom. The Labute approximate surface area is 149 Å². The highest BCUT2D eigenvalue weighted by Crippen LogP contribution is 2.22. The molecule has 0 spiro atoms. The van der Waals surface area contributed by atoms with Crippen LogP contribution < -0.4 is 5.32 Å². The summed E-state index contributed by atoms with van der Waals surface area (Å²) < 4.78 is 5.75. The molecular formula is C18H19BrN2O3. The van der Waals surface area contributed by atoms with Crippen molar-refractivity contribution in [3.05, 3.63) is 63.9 Å². The fraction of sp³-hybridized carbons (Fsp3) is 0.278. The molecule has 1 aromatic heterocycles. The summed E-state index contributed by atoms with van der Waals surface area (Å²) in [5, 5.41) is 2.91. The molecule has 5 nitrogen and oxygen atoms in total. The van der Waals surface area contributed by atoms with E-state index in [0.717, 1.165) is 11.1 Å². The Morgan fingerprint density at radius 1 is 1.29 bits per heavy atom. The Bertz CT molecular complexity index is 734. The summed E-state index contributed by atoms with van der Waals surface area (Å²) in [6, 6.07) is 8.87. The van der Waals surface area contributed by atoms with E-state index in [0.29, 0.717) is 16.6 Å². The van der Waals surface area contributed by atoms with Gasteiger partial charge in [0.2, 0.25) is 0 Å². The van der Waals surface area contributed by atoms with Crippen molar-refractivity contribution in [2.75, 3.05) is 6.61 Å². The van der Waals surface area contributed by atoms with Crippen LogP contribution in [0.4, 0.5) is 0 Å². The summed E-state index contributed by atoms with van der Waals surface area (Å²) >= 11 is 3.30. The van der Waals surface area contributed by atoms with Gasteiger partial charge >= 0.3 is 5.97 Å². The van der Waals surface area contributed by atoms with Crippen molar-refractivity contribution in [1.29, 1.82) is 0 Å². The largest absolute Gasteiger partial charge is 0.466 e. The van der Waals surface area contributed by atoms with Crippen LogP contribution in [-0.4, -0.2) is 23.5 Å². The zero-order valence-electron chi connectivity index (χ0n) is 13.6. The van der Waals surface area contributed by atoms with Gasteiger partial charge in [-0.3, -0.25) is 14.6 Å². The fourth-order valence-corrected chi connectivity index (χ4v) is 2.75. The number of rotatable bonds is 6. The molecule has 1 atom stereocenters. The quantitative estimate of drug-likeness (QED) is 0.765. The average Bonchev–Trinajstić information content (AvgIpc) is 2.55. The van der Waals surface area contributed by atoms with Crippen LogP contribution >= 0.6 is 15.9 Å². The minimum atomic E-state index is -0.461. The van der Waals surface area contributed by atoms with Crippen molar-refractivity contribution in [2.45, 2.75) is 26.3 Å². The minimum Gasteiger partial charge on any atom is -0.466 e. The highest BCUT2D eigenvalue weighted by Gasteiger charge is 2.21. The number of ether oxygens (including phenoxy) is 1. The van der Waals surface area contributed by atoms with Gasteiger partial charge in [-0.05, 0) is 47.0 Å². The van der Waals surface area contributed by atoms with Gasteiger partial charge in [0.1, 0.15) is 0 Å². The Hall–Kier alpha value is -2.21. The number of hydrogen-bond donors (Lipinski definition) is 1. The molecule has 0 bridgehead atoms. The van der Waals surface area contributed by atoms with Crippen molar-refractivity contribution in [3.63, 3.8) is 0 Å². The average molecular weight is 391 g/mol. The van der Waals surface area contributed by atoms with E-state index >= 15 is 0 Å². The summed E-state index contributed by atoms with van der Waals surface area (Å²) in [6.45, 7) is 4.01. The van der Waals surface area contributed by atoms with E-state index < -0.39 is 6.04 Å². The van der Waals surface area contributed by atoms with Gasteiger partial charge in [0.15, 0.2) is 0 Å². The number of carbonyl (C=O) groups is 2. The van der Waals surface area contributed by atoms with Crippen LogP contribution in [0.15, 0.2) is 47.2 Å². The van der Waals surface area contributed by atoms with Gasteiger partial charge < -0.3 is 10.1 Å². The molecule has 1 aromatic carbocycles. The number of nitrogens with zero attached hydrogens (tertiary/aromatic N) is 1. The lowest BCUT2D eigenvalue weighted by atomic mass is 9.98. The Kier molecular flexibility index (Phi) is 6.49. The lowest BCUT2D eigenvalue weighted by Crippen LogP contribution is -2.31. The summed E-state index contributed by atoms with van der Waals surface area (Å²) in [6.07, 6.45) is 3.17. The molecule has 24 heavy (non-hydrogen) atoms. The molecule has 0 unspecified atom stereocenters. The molecule has 2 rings (SSSR count). The van der Waals surface area contributed by atoms with E-state index in [1.165, 1.54) is 6.20 Å². The van der Waals surface area contributed by atoms with Crippen LogP contribution in [0.25, 0.3) is 0 Å². The number of benzene rings is 1. The van der Waals surface area contributed by atoms with E-state index in [4.69, 9.17) is 4.74 Å². The van der Waals surface area contributed by atoms with E-state index in [-0.39, 0.29) is 18.3 Å². The smallest absolute Gasteiger partial charge is 0.308 e. The highest BCUT2D eigenvalue weighted by molar-refractivity contribution is 9.10. The Balaban J connectivity index is 2.24. The molecule has 1 N–H and O–H groups in total. The van der Waals surface area contributed by atoms with Crippen LogP contribution in [0.3, 0.4) is 0 Å². The van der Waals surface area contributed by atoms with Gasteiger partial charge in [-0.25, -0.2) is 0 Å². The predicted molar refractivity (Wildman–Crippen MR) is 94.6 cm³/mol. The lowest BCUT2D eigenvalue weighted by Gasteiger charge is -2.20. The SMILES string of the molecule is CCOC(=O)C[C@H](NC(=O)c1cncc(Br)c1)c1ccccc1C. The molecular weight excluding hydrogens is 372 g/mol. The number of esters is 1. The van der Waals surface area contributed by atoms with Gasteiger partial charge in [0, 0.05) is 16.9 Å². The molecule has 0 aliphatic rings. The molecule has 0 aliphatic heterocycles. The van der Waals surface area contributed by atoms with Gasteiger partial charge in [0.25, 0.3) is 5.91 Å². The third-order valence-electron chi connectivity index (χ3n) is 3.51. The van der Waals surface area contributed by atoms with Crippen molar-refractivity contribution in [3.8, 4) is 0 Å². The number of aromatic nitrogens is 1. The number of pyridine rings is 1. The zero-order valence-corrected chi connectivity index (χ0v) is 15.2. The Morgan fingerprint density at radius 3 is 2.71 bits per heavy atom. The summed E-state index contributed by atoms with van der Waals surface area (Å²) in [7, 11) is 0. The first kappa shape index (κ1) is 18.1. The molecule has 6 heteroatoms. The number of amides is 1. The molecule has 1 amide bonds. The number of nitrogens with one attached hydrogen (secondary N) is 1. The van der Waals surface area contributed by atoms with Crippen LogP contribution in [0, 0.1) is 6.92 Å². The number of carbonyl (C=O) groups excluding carboxylic acids is 2. The molecule has 1 heterocycles. The van der Waals surface area contributed by atoms with Crippen molar-refractivity contribution < 1.29 is 14.3 Å². The molecule has 2 aromatic rings. The van der Waals surface area contributed by atoms with E-state index in [1.807, 2.05) is 31.2 Å². The van der Waals surface area contributed by atoms with Crippen LogP contribution in [0.5, 0.6) is 0 Å². The molecule has 0 aliphatic carbocycles. The van der Waals surface area contributed by atoms with Crippen LogP contribution in [0.1, 0.15) is 40.9 Å². The van der Waals surface area contributed by atoms with Crippen molar-refractivity contribution in [1.82, 2.24) is 10.3 Å². The zero-order chi connectivity index (χ0) is 17.5. The topological polar surface area (TPSA) is 68.3 Å².